The van der Waals surface area contributed by atoms with Gasteiger partial charge in [0.1, 0.15) is 0 Å². The van der Waals surface area contributed by atoms with Crippen molar-refractivity contribution in [3.63, 3.8) is 0 Å². The Hall–Kier alpha value is -2.99. The summed E-state index contributed by atoms with van der Waals surface area (Å²) in [6.45, 7) is 1.40. The summed E-state index contributed by atoms with van der Waals surface area (Å²) in [5.74, 6) is 1.95. The van der Waals surface area contributed by atoms with E-state index in [2.05, 4.69) is 34.7 Å². The van der Waals surface area contributed by atoms with Crippen molar-refractivity contribution < 1.29 is 14.2 Å². The summed E-state index contributed by atoms with van der Waals surface area (Å²) in [6, 6.07) is 14.1. The molecule has 136 valence electrons. The maximum Gasteiger partial charge on any atom is 0.203 e. The van der Waals surface area contributed by atoms with Gasteiger partial charge in [0.15, 0.2) is 11.5 Å². The van der Waals surface area contributed by atoms with Crippen molar-refractivity contribution in [2.45, 2.75) is 13.1 Å². The molecule has 1 aromatic heterocycles. The number of hydrogen-bond donors (Lipinski definition) is 1. The van der Waals surface area contributed by atoms with Gasteiger partial charge in [-0.1, -0.05) is 18.2 Å². The quantitative estimate of drug-likeness (QED) is 0.674. The zero-order chi connectivity index (χ0) is 18.4. The topological polar surface area (TPSA) is 57.5 Å². The second-order valence-electron chi connectivity index (χ2n) is 5.71. The monoisotopic (exact) mass is 353 g/mol. The Morgan fingerprint density at radius 3 is 2.27 bits per heavy atom. The van der Waals surface area contributed by atoms with Crippen molar-refractivity contribution in [3.05, 3.63) is 66.0 Å². The van der Waals surface area contributed by atoms with Gasteiger partial charge < -0.3 is 19.5 Å². The lowest BCUT2D eigenvalue weighted by atomic mass is 10.1. The van der Waals surface area contributed by atoms with Gasteiger partial charge in [0.05, 0.1) is 27.0 Å². The molecular formula is C20H23N3O3. The second-order valence-corrected chi connectivity index (χ2v) is 5.71. The van der Waals surface area contributed by atoms with E-state index in [0.717, 1.165) is 17.8 Å². The van der Waals surface area contributed by atoms with E-state index in [1.54, 1.807) is 27.5 Å². The minimum absolute atomic E-state index is 0.609. The van der Waals surface area contributed by atoms with E-state index in [-0.39, 0.29) is 0 Å². The van der Waals surface area contributed by atoms with Crippen LogP contribution in [0.4, 0.5) is 0 Å². The molecule has 3 rings (SSSR count). The van der Waals surface area contributed by atoms with Gasteiger partial charge in [-0.15, -0.1) is 0 Å². The summed E-state index contributed by atoms with van der Waals surface area (Å²) >= 11 is 0. The zero-order valence-electron chi connectivity index (χ0n) is 15.2. The average molecular weight is 353 g/mol. The van der Waals surface area contributed by atoms with Gasteiger partial charge in [0.25, 0.3) is 0 Å². The van der Waals surface area contributed by atoms with Crippen LogP contribution in [-0.2, 0) is 13.1 Å². The molecule has 0 saturated carbocycles. The van der Waals surface area contributed by atoms with E-state index in [4.69, 9.17) is 14.2 Å². The lowest BCUT2D eigenvalue weighted by Gasteiger charge is -2.16. The zero-order valence-corrected chi connectivity index (χ0v) is 15.2. The van der Waals surface area contributed by atoms with Crippen LogP contribution in [0.2, 0.25) is 0 Å². The lowest BCUT2D eigenvalue weighted by molar-refractivity contribution is 0.321. The van der Waals surface area contributed by atoms with E-state index in [1.165, 1.54) is 5.56 Å². The predicted molar refractivity (Wildman–Crippen MR) is 100 cm³/mol. The summed E-state index contributed by atoms with van der Waals surface area (Å²) < 4.78 is 18.1. The van der Waals surface area contributed by atoms with Crippen LogP contribution < -0.4 is 19.5 Å². The molecule has 2 aromatic carbocycles. The Kier molecular flexibility index (Phi) is 5.76. The molecule has 1 N–H and O–H groups in total. The van der Waals surface area contributed by atoms with Crippen molar-refractivity contribution in [1.82, 2.24) is 15.1 Å². The van der Waals surface area contributed by atoms with Crippen molar-refractivity contribution in [2.24, 2.45) is 0 Å². The van der Waals surface area contributed by atoms with Gasteiger partial charge in [-0.05, 0) is 29.8 Å². The Labute approximate surface area is 153 Å². The third-order valence-electron chi connectivity index (χ3n) is 4.14. The lowest BCUT2D eigenvalue weighted by Crippen LogP contribution is -2.14. The van der Waals surface area contributed by atoms with Gasteiger partial charge in [0, 0.05) is 31.0 Å². The van der Waals surface area contributed by atoms with Gasteiger partial charge >= 0.3 is 0 Å². The first-order chi connectivity index (χ1) is 12.8. The Morgan fingerprint density at radius 1 is 0.885 bits per heavy atom. The van der Waals surface area contributed by atoms with E-state index in [0.29, 0.717) is 23.8 Å². The summed E-state index contributed by atoms with van der Waals surface area (Å²) in [5, 5.41) is 7.67. The second kappa shape index (κ2) is 8.40. The molecular weight excluding hydrogens is 330 g/mol. The number of nitrogens with zero attached hydrogens (tertiary/aromatic N) is 2. The third kappa shape index (κ3) is 3.81. The summed E-state index contributed by atoms with van der Waals surface area (Å²) in [4.78, 5) is 0. The van der Waals surface area contributed by atoms with E-state index in [1.807, 2.05) is 29.1 Å². The molecule has 3 aromatic rings. The molecule has 6 nitrogen and oxygen atoms in total. The average Bonchev–Trinajstić information content (AvgIpc) is 3.22. The molecule has 26 heavy (non-hydrogen) atoms. The molecule has 0 atom stereocenters. The number of ether oxygens (including phenoxy) is 3. The Bertz CT molecular complexity index is 830. The van der Waals surface area contributed by atoms with Gasteiger partial charge in [0.2, 0.25) is 5.75 Å². The molecule has 0 aliphatic heterocycles. The fourth-order valence-electron chi connectivity index (χ4n) is 2.83. The SMILES string of the molecule is COc1ccc(CNCc2ccc(-n3cccn3)cc2)c(OC)c1OC. The number of rotatable bonds is 8. The first-order valence-electron chi connectivity index (χ1n) is 8.34. The minimum Gasteiger partial charge on any atom is -0.493 e. The van der Waals surface area contributed by atoms with Crippen LogP contribution in [0.5, 0.6) is 17.2 Å². The fraction of sp³-hybridized carbons (Fsp3) is 0.250. The van der Waals surface area contributed by atoms with E-state index < -0.39 is 0 Å². The highest BCUT2D eigenvalue weighted by Gasteiger charge is 2.15. The van der Waals surface area contributed by atoms with Crippen molar-refractivity contribution >= 4 is 0 Å². The molecule has 0 spiro atoms. The smallest absolute Gasteiger partial charge is 0.203 e. The van der Waals surface area contributed by atoms with E-state index in [9.17, 15) is 0 Å². The molecule has 6 heteroatoms. The van der Waals surface area contributed by atoms with Gasteiger partial charge in [-0.3, -0.25) is 0 Å². The van der Waals surface area contributed by atoms with E-state index >= 15 is 0 Å². The third-order valence-corrected chi connectivity index (χ3v) is 4.14. The highest BCUT2D eigenvalue weighted by atomic mass is 16.5. The molecule has 0 bridgehead atoms. The fourth-order valence-corrected chi connectivity index (χ4v) is 2.83. The maximum absolute atomic E-state index is 5.51. The van der Waals surface area contributed by atoms with Gasteiger partial charge in [-0.2, -0.15) is 5.10 Å². The minimum atomic E-state index is 0.609. The summed E-state index contributed by atoms with van der Waals surface area (Å²) in [7, 11) is 4.86. The van der Waals surface area contributed by atoms with Crippen molar-refractivity contribution in [3.8, 4) is 22.9 Å². The molecule has 0 fully saturated rings. The molecule has 0 saturated heterocycles. The largest absolute Gasteiger partial charge is 0.493 e. The standard InChI is InChI=1S/C20H23N3O3/c1-24-18-10-7-16(19(25-2)20(18)26-3)14-21-13-15-5-8-17(9-6-15)23-12-4-11-22-23/h4-12,21H,13-14H2,1-3H3. The first kappa shape index (κ1) is 17.8. The number of nitrogens with one attached hydrogen (secondary N) is 1. The number of methoxy groups -OCH3 is 3. The van der Waals surface area contributed by atoms with Crippen molar-refractivity contribution in [2.75, 3.05) is 21.3 Å². The van der Waals surface area contributed by atoms with Gasteiger partial charge in [-0.25, -0.2) is 4.68 Å². The molecule has 0 amide bonds. The highest BCUT2D eigenvalue weighted by Crippen LogP contribution is 2.39. The molecule has 0 unspecified atom stereocenters. The number of hydrogen-bond acceptors (Lipinski definition) is 5. The molecule has 1 heterocycles. The first-order valence-corrected chi connectivity index (χ1v) is 8.34. The van der Waals surface area contributed by atoms with Crippen LogP contribution in [-0.4, -0.2) is 31.1 Å². The maximum atomic E-state index is 5.51. The van der Waals surface area contributed by atoms with Crippen molar-refractivity contribution in [1.29, 1.82) is 0 Å². The Morgan fingerprint density at radius 2 is 1.65 bits per heavy atom. The highest BCUT2D eigenvalue weighted by molar-refractivity contribution is 5.55. The molecule has 0 radical (unpaired) electrons. The predicted octanol–water partition coefficient (Wildman–Crippen LogP) is 3.19. The van der Waals surface area contributed by atoms with Crippen LogP contribution in [0.1, 0.15) is 11.1 Å². The summed E-state index contributed by atoms with van der Waals surface area (Å²) in [6.07, 6.45) is 3.70. The van der Waals surface area contributed by atoms with Crippen LogP contribution in [0.15, 0.2) is 54.9 Å². The summed E-state index contributed by atoms with van der Waals surface area (Å²) in [5.41, 5.74) is 3.25. The number of benzene rings is 2. The van der Waals surface area contributed by atoms with Crippen LogP contribution in [0.25, 0.3) is 5.69 Å². The van der Waals surface area contributed by atoms with Crippen LogP contribution in [0, 0.1) is 0 Å². The number of aromatic nitrogens is 2. The van der Waals surface area contributed by atoms with Crippen LogP contribution in [0.3, 0.4) is 0 Å². The van der Waals surface area contributed by atoms with Crippen LogP contribution >= 0.6 is 0 Å². The molecule has 0 aliphatic rings. The molecule has 0 aliphatic carbocycles. The normalized spacial score (nSPS) is 10.6. The Balaban J connectivity index is 1.64.